The lowest BCUT2D eigenvalue weighted by molar-refractivity contribution is -0.119. The SMILES string of the molecule is NC(=O)CC(F)C(O)=Cc1nc(C2CCCO2)nc2c1ncn2CO. The summed E-state index contributed by atoms with van der Waals surface area (Å²) in [7, 11) is 0. The third-order valence-corrected chi connectivity index (χ3v) is 3.86. The van der Waals surface area contributed by atoms with Crippen LogP contribution in [0.15, 0.2) is 12.1 Å². The molecule has 2 atom stereocenters. The number of nitrogens with zero attached hydrogens (tertiary/aromatic N) is 4. The molecular weight excluding hydrogens is 333 g/mol. The van der Waals surface area contributed by atoms with Crippen LogP contribution in [0.25, 0.3) is 17.2 Å². The van der Waals surface area contributed by atoms with Crippen LogP contribution in [-0.4, -0.2) is 48.4 Å². The molecule has 25 heavy (non-hydrogen) atoms. The zero-order valence-electron chi connectivity index (χ0n) is 13.3. The van der Waals surface area contributed by atoms with Gasteiger partial charge in [0.2, 0.25) is 5.91 Å². The van der Waals surface area contributed by atoms with E-state index in [-0.39, 0.29) is 24.0 Å². The van der Waals surface area contributed by atoms with Crippen LogP contribution < -0.4 is 5.73 Å². The maximum absolute atomic E-state index is 13.9. The molecule has 1 fully saturated rings. The van der Waals surface area contributed by atoms with E-state index in [0.29, 0.717) is 18.1 Å². The number of nitrogens with two attached hydrogens (primary N) is 1. The fraction of sp³-hybridized carbons (Fsp3) is 0.467. The molecule has 0 aliphatic carbocycles. The number of allylic oxidation sites excluding steroid dienone is 1. The van der Waals surface area contributed by atoms with Crippen molar-refractivity contribution in [2.75, 3.05) is 6.61 Å². The third kappa shape index (κ3) is 3.59. The van der Waals surface area contributed by atoms with E-state index in [1.54, 1.807) is 0 Å². The predicted molar refractivity (Wildman–Crippen MR) is 84.8 cm³/mol. The Morgan fingerprint density at radius 1 is 1.56 bits per heavy atom. The molecule has 2 aromatic rings. The number of imidazole rings is 1. The molecule has 1 amide bonds. The topological polar surface area (TPSA) is 136 Å². The number of aliphatic hydroxyl groups excluding tert-OH is 2. The van der Waals surface area contributed by atoms with Gasteiger partial charge in [-0.1, -0.05) is 0 Å². The number of hydrogen-bond donors (Lipinski definition) is 3. The Hall–Kier alpha value is -2.59. The molecule has 0 aromatic carbocycles. The highest BCUT2D eigenvalue weighted by molar-refractivity contribution is 5.81. The van der Waals surface area contributed by atoms with E-state index in [9.17, 15) is 19.4 Å². The molecule has 1 saturated heterocycles. The van der Waals surface area contributed by atoms with E-state index in [1.165, 1.54) is 10.9 Å². The fourth-order valence-electron chi connectivity index (χ4n) is 2.62. The molecule has 1 aliphatic rings. The molecule has 9 nitrogen and oxygen atoms in total. The smallest absolute Gasteiger partial charge is 0.220 e. The van der Waals surface area contributed by atoms with Gasteiger partial charge in [0.25, 0.3) is 0 Å². The van der Waals surface area contributed by atoms with Crippen molar-refractivity contribution in [2.45, 2.75) is 38.3 Å². The number of carbonyl (C=O) groups excluding carboxylic acids is 1. The standard InChI is InChI=1S/C15H18FN5O4/c16-8(4-12(17)24)10(23)5-9-13-15(21(7-22)6-18-13)20-14(19-9)11-2-1-3-25-11/h5-6,8,11,22-23H,1-4,7H2,(H2,17,24). The van der Waals surface area contributed by atoms with Crippen LogP contribution in [0.2, 0.25) is 0 Å². The largest absolute Gasteiger partial charge is 0.509 e. The summed E-state index contributed by atoms with van der Waals surface area (Å²) in [5.74, 6) is -1.19. The van der Waals surface area contributed by atoms with Crippen molar-refractivity contribution >= 4 is 23.1 Å². The Morgan fingerprint density at radius 2 is 2.36 bits per heavy atom. The van der Waals surface area contributed by atoms with E-state index in [4.69, 9.17) is 10.5 Å². The number of fused-ring (bicyclic) bond motifs is 1. The van der Waals surface area contributed by atoms with Crippen LogP contribution in [0, 0.1) is 0 Å². The maximum atomic E-state index is 13.9. The van der Waals surface area contributed by atoms with Crippen LogP contribution in [0.5, 0.6) is 0 Å². The van der Waals surface area contributed by atoms with Crippen molar-refractivity contribution in [1.82, 2.24) is 19.5 Å². The number of amides is 1. The first-order valence-electron chi connectivity index (χ1n) is 7.77. The summed E-state index contributed by atoms with van der Waals surface area (Å²) < 4.78 is 20.8. The van der Waals surface area contributed by atoms with Gasteiger partial charge in [0, 0.05) is 12.7 Å². The Morgan fingerprint density at radius 3 is 3.00 bits per heavy atom. The molecule has 0 spiro atoms. The normalized spacial score (nSPS) is 19.4. The first-order chi connectivity index (χ1) is 12.0. The first-order valence-corrected chi connectivity index (χ1v) is 7.77. The quantitative estimate of drug-likeness (QED) is 0.653. The second-order valence-corrected chi connectivity index (χ2v) is 5.70. The Balaban J connectivity index is 2.05. The van der Waals surface area contributed by atoms with Gasteiger partial charge in [-0.25, -0.2) is 19.3 Å². The van der Waals surface area contributed by atoms with Crippen molar-refractivity contribution < 1.29 is 24.1 Å². The molecule has 0 bridgehead atoms. The fourth-order valence-corrected chi connectivity index (χ4v) is 2.62. The van der Waals surface area contributed by atoms with Gasteiger partial charge in [-0.15, -0.1) is 0 Å². The number of ether oxygens (including phenoxy) is 1. The van der Waals surface area contributed by atoms with Crippen LogP contribution in [0.4, 0.5) is 4.39 Å². The molecule has 10 heteroatoms. The van der Waals surface area contributed by atoms with Crippen LogP contribution in [-0.2, 0) is 16.3 Å². The second kappa shape index (κ2) is 7.11. The predicted octanol–water partition coefficient (Wildman–Crippen LogP) is 0.740. The number of primary amides is 1. The van der Waals surface area contributed by atoms with Gasteiger partial charge in [-0.05, 0) is 12.8 Å². The summed E-state index contributed by atoms with van der Waals surface area (Å²) in [6, 6.07) is 0. The van der Waals surface area contributed by atoms with E-state index in [2.05, 4.69) is 15.0 Å². The average Bonchev–Trinajstić information content (AvgIpc) is 3.23. The molecule has 3 rings (SSSR count). The molecule has 2 aromatic heterocycles. The molecule has 0 saturated carbocycles. The molecule has 2 unspecified atom stereocenters. The lowest BCUT2D eigenvalue weighted by Gasteiger charge is -2.10. The highest BCUT2D eigenvalue weighted by Crippen LogP contribution is 2.28. The number of hydrogen-bond acceptors (Lipinski definition) is 7. The number of aliphatic hydroxyl groups is 2. The van der Waals surface area contributed by atoms with E-state index in [0.717, 1.165) is 18.9 Å². The maximum Gasteiger partial charge on any atom is 0.220 e. The molecule has 134 valence electrons. The number of halogens is 1. The van der Waals surface area contributed by atoms with E-state index < -0.39 is 24.3 Å². The zero-order valence-corrected chi connectivity index (χ0v) is 13.3. The molecule has 4 N–H and O–H groups in total. The van der Waals surface area contributed by atoms with Gasteiger partial charge in [-0.3, -0.25) is 9.36 Å². The van der Waals surface area contributed by atoms with Gasteiger partial charge in [0.1, 0.15) is 24.1 Å². The Labute approximate surface area is 142 Å². The molecule has 3 heterocycles. The van der Waals surface area contributed by atoms with Gasteiger partial charge in [-0.2, -0.15) is 0 Å². The Kier molecular flexibility index (Phi) is 4.91. The van der Waals surface area contributed by atoms with E-state index >= 15 is 0 Å². The summed E-state index contributed by atoms with van der Waals surface area (Å²) in [5, 5.41) is 19.3. The van der Waals surface area contributed by atoms with Crippen LogP contribution in [0.3, 0.4) is 0 Å². The summed E-state index contributed by atoms with van der Waals surface area (Å²) in [6.45, 7) is 0.244. The highest BCUT2D eigenvalue weighted by Gasteiger charge is 2.24. The Bertz CT molecular complexity index is 816. The third-order valence-electron chi connectivity index (χ3n) is 3.86. The molecular formula is C15H18FN5O4. The first kappa shape index (κ1) is 17.2. The van der Waals surface area contributed by atoms with Crippen molar-refractivity contribution in [3.8, 4) is 0 Å². The van der Waals surface area contributed by atoms with Gasteiger partial charge in [0.05, 0.1) is 18.4 Å². The minimum Gasteiger partial charge on any atom is -0.509 e. The number of carbonyl (C=O) groups is 1. The van der Waals surface area contributed by atoms with Crippen LogP contribution in [0.1, 0.15) is 36.9 Å². The van der Waals surface area contributed by atoms with Crippen molar-refractivity contribution in [3.63, 3.8) is 0 Å². The van der Waals surface area contributed by atoms with Crippen molar-refractivity contribution in [2.24, 2.45) is 5.73 Å². The summed E-state index contributed by atoms with van der Waals surface area (Å²) in [4.78, 5) is 23.6. The summed E-state index contributed by atoms with van der Waals surface area (Å²) in [5.41, 5.74) is 5.74. The summed E-state index contributed by atoms with van der Waals surface area (Å²) in [6.07, 6.45) is 1.17. The summed E-state index contributed by atoms with van der Waals surface area (Å²) >= 11 is 0. The lowest BCUT2D eigenvalue weighted by Crippen LogP contribution is -2.18. The van der Waals surface area contributed by atoms with Gasteiger partial charge < -0.3 is 20.7 Å². The van der Waals surface area contributed by atoms with Gasteiger partial charge >= 0.3 is 0 Å². The number of alkyl halides is 1. The molecule has 0 radical (unpaired) electrons. The highest BCUT2D eigenvalue weighted by atomic mass is 19.1. The van der Waals surface area contributed by atoms with E-state index in [1.807, 2.05) is 0 Å². The number of rotatable bonds is 6. The minimum absolute atomic E-state index is 0.173. The monoisotopic (exact) mass is 351 g/mol. The average molecular weight is 351 g/mol. The molecule has 1 aliphatic heterocycles. The number of aromatic nitrogens is 4. The second-order valence-electron chi connectivity index (χ2n) is 5.70. The van der Waals surface area contributed by atoms with Crippen molar-refractivity contribution in [3.05, 3.63) is 23.6 Å². The van der Waals surface area contributed by atoms with Crippen molar-refractivity contribution in [1.29, 1.82) is 0 Å². The van der Waals surface area contributed by atoms with Gasteiger partial charge in [0.15, 0.2) is 17.6 Å². The zero-order chi connectivity index (χ0) is 18.0. The van der Waals surface area contributed by atoms with Crippen LogP contribution >= 0.6 is 0 Å². The minimum atomic E-state index is -1.94. The lowest BCUT2D eigenvalue weighted by atomic mass is 10.2.